The van der Waals surface area contributed by atoms with Crippen LogP contribution in [0.4, 0.5) is 0 Å². The van der Waals surface area contributed by atoms with Crippen LogP contribution in [0.25, 0.3) is 5.82 Å². The van der Waals surface area contributed by atoms with Gasteiger partial charge < -0.3 is 19.3 Å². The number of hydrogen-bond donors (Lipinski definition) is 1. The first-order valence-corrected chi connectivity index (χ1v) is 8.32. The van der Waals surface area contributed by atoms with Crippen LogP contribution in [0.1, 0.15) is 27.0 Å². The highest BCUT2D eigenvalue weighted by Crippen LogP contribution is 2.38. The molecule has 0 amide bonds. The molecule has 150 valence electrons. The minimum absolute atomic E-state index is 0.227. The van der Waals surface area contributed by atoms with E-state index in [9.17, 15) is 19.5 Å². The lowest BCUT2D eigenvalue weighted by atomic mass is 9.98. The number of ether oxygens (including phenoxy) is 3. The molecule has 2 aromatic heterocycles. The molecule has 0 spiro atoms. The van der Waals surface area contributed by atoms with Gasteiger partial charge in [-0.3, -0.25) is 14.2 Å². The highest BCUT2D eigenvalue weighted by Gasteiger charge is 2.55. The molecule has 1 N–H and O–H groups in total. The lowest BCUT2D eigenvalue weighted by molar-refractivity contribution is -0.172. The first kappa shape index (κ1) is 19.6. The van der Waals surface area contributed by atoms with E-state index in [2.05, 4.69) is 15.1 Å². The first-order chi connectivity index (χ1) is 13.2. The lowest BCUT2D eigenvalue weighted by Crippen LogP contribution is -2.47. The Morgan fingerprint density at radius 3 is 2.68 bits per heavy atom. The molecule has 2 unspecified atom stereocenters. The number of esters is 2. The van der Waals surface area contributed by atoms with Crippen LogP contribution in [0.5, 0.6) is 0 Å². The molecule has 1 aliphatic rings. The van der Waals surface area contributed by atoms with Crippen molar-refractivity contribution in [3.63, 3.8) is 0 Å². The van der Waals surface area contributed by atoms with Gasteiger partial charge in [0.25, 0.3) is 0 Å². The Hall–Kier alpha value is -3.12. The molecule has 12 heteroatoms. The highest BCUT2D eigenvalue weighted by molar-refractivity contribution is 5.67. The Kier molecular flexibility index (Phi) is 5.25. The molecule has 12 nitrogen and oxygen atoms in total. The minimum Gasteiger partial charge on any atom is -0.463 e. The summed E-state index contributed by atoms with van der Waals surface area (Å²) < 4.78 is 18.3. The van der Waals surface area contributed by atoms with Gasteiger partial charge in [-0.2, -0.15) is 10.1 Å². The van der Waals surface area contributed by atoms with E-state index in [0.717, 1.165) is 4.57 Å². The second-order valence-electron chi connectivity index (χ2n) is 6.44. The van der Waals surface area contributed by atoms with Crippen molar-refractivity contribution in [3.8, 4) is 5.82 Å². The van der Waals surface area contributed by atoms with Crippen LogP contribution in [0.3, 0.4) is 0 Å². The fourth-order valence-electron chi connectivity index (χ4n) is 2.93. The predicted molar refractivity (Wildman–Crippen MR) is 90.1 cm³/mol. The van der Waals surface area contributed by atoms with Crippen molar-refractivity contribution in [2.45, 2.75) is 44.8 Å². The third-order valence-corrected chi connectivity index (χ3v) is 4.19. The molecule has 28 heavy (non-hydrogen) atoms. The van der Waals surface area contributed by atoms with Gasteiger partial charge >= 0.3 is 17.6 Å². The molecule has 1 fully saturated rings. The van der Waals surface area contributed by atoms with E-state index < -0.39 is 41.7 Å². The fourth-order valence-corrected chi connectivity index (χ4v) is 2.93. The van der Waals surface area contributed by atoms with E-state index in [1.165, 1.54) is 50.4 Å². The summed E-state index contributed by atoms with van der Waals surface area (Å²) in [5.74, 6) is -1.000. The van der Waals surface area contributed by atoms with Gasteiger partial charge in [0.15, 0.2) is 18.1 Å². The normalized spacial score (nSPS) is 26.8. The number of aliphatic hydroxyl groups excluding tert-OH is 1. The quantitative estimate of drug-likeness (QED) is 0.625. The molecule has 4 atom stereocenters. The zero-order valence-corrected chi connectivity index (χ0v) is 15.4. The summed E-state index contributed by atoms with van der Waals surface area (Å²) in [4.78, 5) is 42.8. The third-order valence-electron chi connectivity index (χ3n) is 4.19. The smallest absolute Gasteiger partial charge is 0.351 e. The molecule has 0 bridgehead atoms. The third kappa shape index (κ3) is 3.77. The lowest BCUT2D eigenvalue weighted by Gasteiger charge is -2.29. The van der Waals surface area contributed by atoms with E-state index in [1.54, 1.807) is 0 Å². The summed E-state index contributed by atoms with van der Waals surface area (Å²) in [6.45, 7) is 3.61. The van der Waals surface area contributed by atoms with Gasteiger partial charge in [-0.05, 0) is 13.0 Å². The molecule has 0 saturated carbocycles. The second kappa shape index (κ2) is 7.48. The van der Waals surface area contributed by atoms with E-state index in [4.69, 9.17) is 14.2 Å². The maximum Gasteiger partial charge on any atom is 0.351 e. The molecule has 3 heterocycles. The number of aromatic nitrogens is 5. The molecule has 0 aromatic carbocycles. The standard InChI is InChI=1S/C16H19N5O7/c1-9(22)26-6-16(3)13(27-10(2)23)12(24)14(28-16)20-5-4-11(19-15(20)25)21-8-17-7-18-21/h4-5,7-8,12-14,24H,6H2,1-3H3/t12?,13?,14-,16-/m1/s1. The van der Waals surface area contributed by atoms with Crippen LogP contribution >= 0.6 is 0 Å². The van der Waals surface area contributed by atoms with Crippen LogP contribution in [-0.2, 0) is 23.8 Å². The van der Waals surface area contributed by atoms with Crippen LogP contribution < -0.4 is 5.69 Å². The second-order valence-corrected chi connectivity index (χ2v) is 6.44. The highest BCUT2D eigenvalue weighted by atomic mass is 16.6. The fraction of sp³-hybridized carbons (Fsp3) is 0.500. The zero-order chi connectivity index (χ0) is 20.5. The maximum atomic E-state index is 12.5. The Morgan fingerprint density at radius 1 is 1.36 bits per heavy atom. The topological polar surface area (TPSA) is 148 Å². The van der Waals surface area contributed by atoms with Crippen molar-refractivity contribution < 1.29 is 28.9 Å². The number of carbonyl (C=O) groups excluding carboxylic acids is 2. The van der Waals surface area contributed by atoms with Gasteiger partial charge in [0.2, 0.25) is 0 Å². The van der Waals surface area contributed by atoms with Crippen LogP contribution in [0.15, 0.2) is 29.7 Å². The average molecular weight is 393 g/mol. The Morgan fingerprint density at radius 2 is 2.11 bits per heavy atom. The molecular formula is C16H19N5O7. The molecule has 0 radical (unpaired) electrons. The Bertz CT molecular complexity index is 928. The predicted octanol–water partition coefficient (Wildman–Crippen LogP) is -1.03. The van der Waals surface area contributed by atoms with Crippen LogP contribution in [0, 0.1) is 0 Å². The monoisotopic (exact) mass is 393 g/mol. The van der Waals surface area contributed by atoms with Gasteiger partial charge in [0.1, 0.15) is 31.0 Å². The van der Waals surface area contributed by atoms with Crippen molar-refractivity contribution in [2.75, 3.05) is 6.61 Å². The minimum atomic E-state index is -1.40. The van der Waals surface area contributed by atoms with Crippen molar-refractivity contribution in [1.29, 1.82) is 0 Å². The molecule has 3 rings (SSSR count). The summed E-state index contributed by atoms with van der Waals surface area (Å²) in [7, 11) is 0. The van der Waals surface area contributed by atoms with Crippen molar-refractivity contribution in [1.82, 2.24) is 24.3 Å². The van der Waals surface area contributed by atoms with Gasteiger partial charge in [0.05, 0.1) is 0 Å². The van der Waals surface area contributed by atoms with E-state index in [0.29, 0.717) is 0 Å². The number of carbonyl (C=O) groups is 2. The average Bonchev–Trinajstić information content (AvgIpc) is 3.23. The van der Waals surface area contributed by atoms with Crippen molar-refractivity contribution in [3.05, 3.63) is 35.4 Å². The van der Waals surface area contributed by atoms with Crippen molar-refractivity contribution >= 4 is 11.9 Å². The van der Waals surface area contributed by atoms with E-state index >= 15 is 0 Å². The first-order valence-electron chi connectivity index (χ1n) is 8.32. The summed E-state index contributed by atoms with van der Waals surface area (Å²) in [6.07, 6.45) is 0.246. The molecule has 1 aliphatic heterocycles. The SMILES string of the molecule is CC(=O)OC[C@@]1(C)O[C@@H](n2ccc(-n3cncn3)nc2=O)C(O)C1OC(C)=O. The van der Waals surface area contributed by atoms with Crippen LogP contribution in [-0.4, -0.2) is 65.8 Å². The summed E-state index contributed by atoms with van der Waals surface area (Å²) in [5.41, 5.74) is -2.10. The Balaban J connectivity index is 1.92. The molecule has 1 saturated heterocycles. The number of aliphatic hydroxyl groups is 1. The van der Waals surface area contributed by atoms with Gasteiger partial charge in [-0.15, -0.1) is 0 Å². The number of nitrogens with zero attached hydrogens (tertiary/aromatic N) is 5. The van der Waals surface area contributed by atoms with Crippen LogP contribution in [0.2, 0.25) is 0 Å². The molecular weight excluding hydrogens is 374 g/mol. The van der Waals surface area contributed by atoms with Gasteiger partial charge in [-0.25, -0.2) is 14.5 Å². The van der Waals surface area contributed by atoms with E-state index in [1.807, 2.05) is 0 Å². The largest absolute Gasteiger partial charge is 0.463 e. The maximum absolute atomic E-state index is 12.5. The zero-order valence-electron chi connectivity index (χ0n) is 15.4. The Labute approximate surface area is 158 Å². The summed E-state index contributed by atoms with van der Waals surface area (Å²) in [6, 6.07) is 1.48. The van der Waals surface area contributed by atoms with Crippen molar-refractivity contribution in [2.24, 2.45) is 0 Å². The van der Waals surface area contributed by atoms with Gasteiger partial charge in [-0.1, -0.05) is 0 Å². The van der Waals surface area contributed by atoms with E-state index in [-0.39, 0.29) is 12.4 Å². The molecule has 0 aliphatic carbocycles. The number of rotatable bonds is 5. The number of hydrogen-bond acceptors (Lipinski definition) is 10. The summed E-state index contributed by atoms with van der Waals surface area (Å²) in [5, 5.41) is 14.6. The molecule has 2 aromatic rings. The summed E-state index contributed by atoms with van der Waals surface area (Å²) >= 11 is 0. The van der Waals surface area contributed by atoms with Gasteiger partial charge in [0, 0.05) is 20.0 Å².